The second-order valence-electron chi connectivity index (χ2n) is 4.95. The molecule has 0 aliphatic carbocycles. The fraction of sp³-hybridized carbons (Fsp3) is 0.625. The SMILES string of the molecule is CCOC(CN1CCCc2ccccc2C1)OCC. The molecule has 1 aliphatic heterocycles. The molecule has 0 N–H and O–H groups in total. The van der Waals surface area contributed by atoms with Gasteiger partial charge in [-0.3, -0.25) is 4.90 Å². The van der Waals surface area contributed by atoms with Gasteiger partial charge < -0.3 is 9.47 Å². The first-order valence-electron chi connectivity index (χ1n) is 7.35. The first-order valence-corrected chi connectivity index (χ1v) is 7.35. The van der Waals surface area contributed by atoms with E-state index < -0.39 is 0 Å². The van der Waals surface area contributed by atoms with Gasteiger partial charge in [0.05, 0.1) is 0 Å². The van der Waals surface area contributed by atoms with Gasteiger partial charge in [0.1, 0.15) is 0 Å². The van der Waals surface area contributed by atoms with Crippen molar-refractivity contribution in [2.75, 3.05) is 26.3 Å². The van der Waals surface area contributed by atoms with Crippen LogP contribution in [0.2, 0.25) is 0 Å². The summed E-state index contributed by atoms with van der Waals surface area (Å²) < 4.78 is 11.3. The monoisotopic (exact) mass is 263 g/mol. The Morgan fingerprint density at radius 2 is 1.79 bits per heavy atom. The van der Waals surface area contributed by atoms with Gasteiger partial charge in [0.15, 0.2) is 6.29 Å². The Kier molecular flexibility index (Phi) is 5.83. The molecule has 0 unspecified atom stereocenters. The maximum Gasteiger partial charge on any atom is 0.170 e. The molecule has 1 aromatic carbocycles. The summed E-state index contributed by atoms with van der Waals surface area (Å²) in [7, 11) is 0. The fourth-order valence-electron chi connectivity index (χ4n) is 2.66. The summed E-state index contributed by atoms with van der Waals surface area (Å²) in [5.41, 5.74) is 2.95. The molecular formula is C16H25NO2. The van der Waals surface area contributed by atoms with Crippen LogP contribution in [-0.4, -0.2) is 37.5 Å². The summed E-state index contributed by atoms with van der Waals surface area (Å²) in [6.45, 7) is 8.42. The lowest BCUT2D eigenvalue weighted by Crippen LogP contribution is -2.35. The van der Waals surface area contributed by atoms with Crippen molar-refractivity contribution in [3.8, 4) is 0 Å². The van der Waals surface area contributed by atoms with E-state index in [4.69, 9.17) is 9.47 Å². The third kappa shape index (κ3) is 4.30. The number of fused-ring (bicyclic) bond motifs is 1. The van der Waals surface area contributed by atoms with Gasteiger partial charge in [-0.05, 0) is 44.4 Å². The number of nitrogens with zero attached hydrogens (tertiary/aromatic N) is 1. The molecule has 0 saturated carbocycles. The molecule has 1 aromatic rings. The van der Waals surface area contributed by atoms with Crippen molar-refractivity contribution in [2.24, 2.45) is 0 Å². The molecule has 0 atom stereocenters. The van der Waals surface area contributed by atoms with Crippen LogP contribution in [0.1, 0.15) is 31.4 Å². The van der Waals surface area contributed by atoms with Crippen LogP contribution in [0, 0.1) is 0 Å². The van der Waals surface area contributed by atoms with Crippen molar-refractivity contribution in [3.05, 3.63) is 35.4 Å². The summed E-state index contributed by atoms with van der Waals surface area (Å²) in [5, 5.41) is 0. The molecule has 0 amide bonds. The van der Waals surface area contributed by atoms with E-state index in [2.05, 4.69) is 29.2 Å². The molecule has 0 aromatic heterocycles. The summed E-state index contributed by atoms with van der Waals surface area (Å²) in [4.78, 5) is 2.45. The standard InChI is InChI=1S/C16H25NO2/c1-3-18-16(19-4-2)13-17-11-7-10-14-8-5-6-9-15(14)12-17/h5-6,8-9,16H,3-4,7,10-13H2,1-2H3. The van der Waals surface area contributed by atoms with Gasteiger partial charge in [0.2, 0.25) is 0 Å². The molecule has 2 rings (SSSR count). The topological polar surface area (TPSA) is 21.7 Å². The normalized spacial score (nSPS) is 16.4. The van der Waals surface area contributed by atoms with E-state index in [9.17, 15) is 0 Å². The Balaban J connectivity index is 1.97. The maximum atomic E-state index is 5.65. The van der Waals surface area contributed by atoms with E-state index >= 15 is 0 Å². The lowest BCUT2D eigenvalue weighted by Gasteiger charge is -2.26. The Hall–Kier alpha value is -0.900. The predicted molar refractivity (Wildman–Crippen MR) is 77.1 cm³/mol. The third-order valence-electron chi connectivity index (χ3n) is 3.55. The summed E-state index contributed by atoms with van der Waals surface area (Å²) >= 11 is 0. The van der Waals surface area contributed by atoms with Crippen molar-refractivity contribution in [1.29, 1.82) is 0 Å². The van der Waals surface area contributed by atoms with E-state index in [-0.39, 0.29) is 6.29 Å². The average Bonchev–Trinajstić information content (AvgIpc) is 2.61. The van der Waals surface area contributed by atoms with Crippen molar-refractivity contribution in [1.82, 2.24) is 4.90 Å². The Bertz CT molecular complexity index is 375. The Labute approximate surface area is 116 Å². The highest BCUT2D eigenvalue weighted by Crippen LogP contribution is 2.18. The smallest absolute Gasteiger partial charge is 0.170 e. The van der Waals surface area contributed by atoms with Crippen LogP contribution in [0.3, 0.4) is 0 Å². The molecule has 0 fully saturated rings. The van der Waals surface area contributed by atoms with E-state index in [1.807, 2.05) is 13.8 Å². The second-order valence-corrected chi connectivity index (χ2v) is 4.95. The zero-order valence-corrected chi connectivity index (χ0v) is 12.1. The van der Waals surface area contributed by atoms with Crippen molar-refractivity contribution < 1.29 is 9.47 Å². The number of aryl methyl sites for hydroxylation is 1. The minimum atomic E-state index is -0.0970. The Morgan fingerprint density at radius 3 is 2.47 bits per heavy atom. The van der Waals surface area contributed by atoms with Gasteiger partial charge in [0, 0.05) is 26.3 Å². The van der Waals surface area contributed by atoms with E-state index in [1.54, 1.807) is 0 Å². The zero-order chi connectivity index (χ0) is 13.5. The molecule has 0 bridgehead atoms. The van der Waals surface area contributed by atoms with Gasteiger partial charge in [0.25, 0.3) is 0 Å². The van der Waals surface area contributed by atoms with E-state index in [0.717, 1.165) is 19.6 Å². The molecule has 0 spiro atoms. The molecule has 106 valence electrons. The number of ether oxygens (including phenoxy) is 2. The van der Waals surface area contributed by atoms with Crippen molar-refractivity contribution in [2.45, 2.75) is 39.5 Å². The molecule has 1 aliphatic rings. The van der Waals surface area contributed by atoms with Gasteiger partial charge >= 0.3 is 0 Å². The molecule has 3 nitrogen and oxygen atoms in total. The van der Waals surface area contributed by atoms with Crippen LogP contribution in [-0.2, 0) is 22.4 Å². The zero-order valence-electron chi connectivity index (χ0n) is 12.1. The van der Waals surface area contributed by atoms with Crippen LogP contribution in [0.15, 0.2) is 24.3 Å². The minimum Gasteiger partial charge on any atom is -0.352 e. The molecule has 3 heteroatoms. The quantitative estimate of drug-likeness (QED) is 0.737. The third-order valence-corrected chi connectivity index (χ3v) is 3.55. The number of hydrogen-bond acceptors (Lipinski definition) is 3. The summed E-state index contributed by atoms with van der Waals surface area (Å²) in [6.07, 6.45) is 2.29. The minimum absolute atomic E-state index is 0.0970. The largest absolute Gasteiger partial charge is 0.352 e. The Morgan fingerprint density at radius 1 is 1.11 bits per heavy atom. The van der Waals surface area contributed by atoms with Gasteiger partial charge in [-0.2, -0.15) is 0 Å². The second kappa shape index (κ2) is 7.63. The van der Waals surface area contributed by atoms with Gasteiger partial charge in [-0.15, -0.1) is 0 Å². The highest BCUT2D eigenvalue weighted by atomic mass is 16.7. The number of benzene rings is 1. The lowest BCUT2D eigenvalue weighted by molar-refractivity contribution is -0.147. The van der Waals surface area contributed by atoms with E-state index in [0.29, 0.717) is 13.2 Å². The highest BCUT2D eigenvalue weighted by molar-refractivity contribution is 5.27. The molecule has 0 saturated heterocycles. The number of rotatable bonds is 6. The first-order chi connectivity index (χ1) is 9.33. The van der Waals surface area contributed by atoms with Crippen LogP contribution in [0.25, 0.3) is 0 Å². The molecule has 1 heterocycles. The van der Waals surface area contributed by atoms with Crippen molar-refractivity contribution in [3.63, 3.8) is 0 Å². The first kappa shape index (κ1) is 14.5. The van der Waals surface area contributed by atoms with Gasteiger partial charge in [-0.25, -0.2) is 0 Å². The van der Waals surface area contributed by atoms with Crippen molar-refractivity contribution >= 4 is 0 Å². The molecule has 0 radical (unpaired) electrons. The van der Waals surface area contributed by atoms with Crippen LogP contribution < -0.4 is 0 Å². The molecular weight excluding hydrogens is 238 g/mol. The van der Waals surface area contributed by atoms with Gasteiger partial charge in [-0.1, -0.05) is 24.3 Å². The van der Waals surface area contributed by atoms with Crippen LogP contribution in [0.4, 0.5) is 0 Å². The molecule has 19 heavy (non-hydrogen) atoms. The predicted octanol–water partition coefficient (Wildman–Crippen LogP) is 2.83. The van der Waals surface area contributed by atoms with Crippen LogP contribution in [0.5, 0.6) is 0 Å². The fourth-order valence-corrected chi connectivity index (χ4v) is 2.66. The average molecular weight is 263 g/mol. The lowest BCUT2D eigenvalue weighted by atomic mass is 10.0. The number of hydrogen-bond donors (Lipinski definition) is 0. The maximum absolute atomic E-state index is 5.65. The summed E-state index contributed by atoms with van der Waals surface area (Å²) in [5.74, 6) is 0. The summed E-state index contributed by atoms with van der Waals surface area (Å²) in [6, 6.07) is 8.76. The highest BCUT2D eigenvalue weighted by Gasteiger charge is 2.18. The van der Waals surface area contributed by atoms with Crippen LogP contribution >= 0.6 is 0 Å². The van der Waals surface area contributed by atoms with E-state index in [1.165, 1.54) is 24.0 Å².